The summed E-state index contributed by atoms with van der Waals surface area (Å²) in [6, 6.07) is 6.40. The Morgan fingerprint density at radius 2 is 1.18 bits per heavy atom. The third kappa shape index (κ3) is 19.4. The van der Waals surface area contributed by atoms with E-state index in [2.05, 4.69) is 25.6 Å². The number of carbonyl (C=O) groups is 2. The Bertz CT molecular complexity index is 1870. The summed E-state index contributed by atoms with van der Waals surface area (Å²) in [6.45, 7) is 16.2. The van der Waals surface area contributed by atoms with Crippen molar-refractivity contribution in [2.24, 2.45) is 11.8 Å². The maximum Gasteiger partial charge on any atom is 0.307 e. The number of nitrogens with zero attached hydrogens (tertiary/aromatic N) is 4. The van der Waals surface area contributed by atoms with Crippen LogP contribution in [0.5, 0.6) is 0 Å². The van der Waals surface area contributed by atoms with E-state index in [1.165, 1.54) is 82.8 Å². The first-order chi connectivity index (χ1) is 29.4. The van der Waals surface area contributed by atoms with Crippen LogP contribution in [0, 0.1) is 18.8 Å². The van der Waals surface area contributed by atoms with Gasteiger partial charge in [-0.05, 0) is 91.8 Å². The lowest BCUT2D eigenvalue weighted by molar-refractivity contribution is -0.156. The van der Waals surface area contributed by atoms with E-state index in [4.69, 9.17) is 22.7 Å². The molecule has 0 amide bonds. The van der Waals surface area contributed by atoms with Crippen molar-refractivity contribution in [3.05, 3.63) is 53.3 Å². The minimum atomic E-state index is -3.95. The van der Waals surface area contributed by atoms with Crippen molar-refractivity contribution >= 4 is 22.1 Å². The Kier molecular flexibility index (Phi) is 20.5. The molecule has 0 spiro atoms. The predicted molar refractivity (Wildman–Crippen MR) is 236 cm³/mol. The van der Waals surface area contributed by atoms with Gasteiger partial charge < -0.3 is 23.8 Å². The number of benzene rings is 1. The van der Waals surface area contributed by atoms with Crippen molar-refractivity contribution in [1.29, 1.82) is 0 Å². The molecular weight excluding hydrogens is 811 g/mol. The second-order valence-electron chi connectivity index (χ2n) is 19.3. The van der Waals surface area contributed by atoms with Crippen molar-refractivity contribution in [2.45, 2.75) is 212 Å². The lowest BCUT2D eigenvalue weighted by Crippen LogP contribution is -2.25. The van der Waals surface area contributed by atoms with Gasteiger partial charge in [-0.1, -0.05) is 125 Å². The summed E-state index contributed by atoms with van der Waals surface area (Å²) in [6.07, 6.45) is 19.7. The lowest BCUT2D eigenvalue weighted by Gasteiger charge is -2.23. The average Bonchev–Trinajstić information content (AvgIpc) is 3.89. The second-order valence-corrected chi connectivity index (χ2v) is 20.9. The highest BCUT2D eigenvalue weighted by Crippen LogP contribution is 2.33. The first kappa shape index (κ1) is 50.9. The lowest BCUT2D eigenvalue weighted by atomic mass is 9.84. The van der Waals surface area contributed by atoms with Crippen LogP contribution in [-0.2, 0) is 46.5 Å². The van der Waals surface area contributed by atoms with Gasteiger partial charge in [0.05, 0.1) is 24.3 Å². The SMILES string of the molecule is CCNCc1noc([C@H](CCCC2CCCCC2)CC(=O)OC(C)(C)C)n1.Cc1ccc(S(=O)(=O)OCc2noc([C@H](CCCC3CCCCC3)CC(=O)OC(C)(C)C)n2)cc1. The maximum absolute atomic E-state index is 12.5. The van der Waals surface area contributed by atoms with Gasteiger partial charge in [0, 0.05) is 11.8 Å². The molecule has 15 heteroatoms. The monoisotopic (exact) mass is 886 g/mol. The van der Waals surface area contributed by atoms with Crippen LogP contribution < -0.4 is 5.32 Å². The van der Waals surface area contributed by atoms with Crippen LogP contribution in [-0.4, -0.2) is 58.4 Å². The Morgan fingerprint density at radius 3 is 1.63 bits per heavy atom. The normalized spacial score (nSPS) is 16.6. The molecule has 0 radical (unpaired) electrons. The van der Waals surface area contributed by atoms with Gasteiger partial charge in [-0.25, -0.2) is 0 Å². The van der Waals surface area contributed by atoms with Crippen molar-refractivity contribution in [2.75, 3.05) is 6.54 Å². The van der Waals surface area contributed by atoms with E-state index in [-0.39, 0.29) is 47.5 Å². The standard InChI is InChI=1S/C26H38N2O6S.C21H37N3O3/c1-19-13-15-22(16-14-19)35(30,31)32-18-23-27-25(34-28-23)21(17-24(29)33-26(2,3)4)12-8-11-20-9-6-5-7-10-20;1-5-22-15-18-23-20(27-24-18)17(14-19(25)26-21(2,3)4)13-9-12-16-10-7-6-8-11-16/h13-16,20-21H,5-12,17-18H2,1-4H3;16-17,22H,5-15H2,1-4H3/t21-;17-/m11/s1. The van der Waals surface area contributed by atoms with Gasteiger partial charge >= 0.3 is 11.9 Å². The topological polar surface area (TPSA) is 186 Å². The van der Waals surface area contributed by atoms with E-state index >= 15 is 0 Å². The number of esters is 2. The van der Waals surface area contributed by atoms with E-state index in [0.29, 0.717) is 30.6 Å². The molecule has 1 aromatic carbocycles. The van der Waals surface area contributed by atoms with Crippen molar-refractivity contribution < 1.29 is 40.7 Å². The van der Waals surface area contributed by atoms with Gasteiger partial charge in [-0.3, -0.25) is 13.8 Å². The van der Waals surface area contributed by atoms with Crippen LogP contribution in [0.25, 0.3) is 0 Å². The van der Waals surface area contributed by atoms with Gasteiger partial charge in [0.1, 0.15) is 17.8 Å². The largest absolute Gasteiger partial charge is 0.460 e. The van der Waals surface area contributed by atoms with Gasteiger partial charge in [-0.2, -0.15) is 18.4 Å². The molecule has 2 saturated carbocycles. The molecule has 2 aliphatic rings. The molecule has 0 unspecified atom stereocenters. The summed E-state index contributed by atoms with van der Waals surface area (Å²) in [5.41, 5.74) is -0.109. The molecular formula is C47H75N5O9S. The van der Waals surface area contributed by atoms with Crippen LogP contribution in [0.15, 0.2) is 38.2 Å². The van der Waals surface area contributed by atoms with Gasteiger partial charge in [0.2, 0.25) is 11.8 Å². The summed E-state index contributed by atoms with van der Waals surface area (Å²) >= 11 is 0. The van der Waals surface area contributed by atoms with Gasteiger partial charge in [-0.15, -0.1) is 0 Å². The summed E-state index contributed by atoms with van der Waals surface area (Å²) in [5, 5.41) is 11.2. The zero-order valence-electron chi connectivity index (χ0n) is 38.8. The third-order valence-electron chi connectivity index (χ3n) is 11.3. The van der Waals surface area contributed by atoms with Crippen molar-refractivity contribution in [3.63, 3.8) is 0 Å². The molecule has 2 fully saturated rings. The number of carbonyl (C=O) groups excluding carboxylic acids is 2. The van der Waals surface area contributed by atoms with E-state index < -0.39 is 21.3 Å². The smallest absolute Gasteiger partial charge is 0.307 e. The first-order valence-corrected chi connectivity index (χ1v) is 24.6. The molecule has 0 saturated heterocycles. The number of ether oxygens (including phenoxy) is 2. The fourth-order valence-electron chi connectivity index (χ4n) is 8.19. The zero-order valence-corrected chi connectivity index (χ0v) is 39.7. The summed E-state index contributed by atoms with van der Waals surface area (Å²) < 4.78 is 52.0. The number of rotatable bonds is 21. The van der Waals surface area contributed by atoms with Crippen LogP contribution >= 0.6 is 0 Å². The molecule has 5 rings (SSSR count). The Morgan fingerprint density at radius 1 is 0.726 bits per heavy atom. The Hall–Kier alpha value is -3.69. The second kappa shape index (κ2) is 25.0. The number of nitrogens with one attached hydrogen (secondary N) is 1. The van der Waals surface area contributed by atoms with Gasteiger partial charge in [0.15, 0.2) is 11.6 Å². The zero-order chi connectivity index (χ0) is 45.2. The molecule has 62 heavy (non-hydrogen) atoms. The highest BCUT2D eigenvalue weighted by molar-refractivity contribution is 7.86. The van der Waals surface area contributed by atoms with Crippen LogP contribution in [0.3, 0.4) is 0 Å². The van der Waals surface area contributed by atoms with Crippen molar-refractivity contribution in [3.8, 4) is 0 Å². The number of hydrogen-bond acceptors (Lipinski definition) is 14. The minimum absolute atomic E-state index is 0.0636. The Balaban J connectivity index is 0.000000282. The predicted octanol–water partition coefficient (Wildman–Crippen LogP) is 10.6. The molecule has 2 aromatic heterocycles. The molecule has 14 nitrogen and oxygen atoms in total. The van der Waals surface area contributed by atoms with E-state index in [1.807, 2.05) is 55.4 Å². The van der Waals surface area contributed by atoms with Crippen molar-refractivity contribution in [1.82, 2.24) is 25.6 Å². The summed E-state index contributed by atoms with van der Waals surface area (Å²) in [7, 11) is -3.95. The number of aryl methyl sites for hydroxylation is 1. The van der Waals surface area contributed by atoms with Crippen LogP contribution in [0.4, 0.5) is 0 Å². The molecule has 0 bridgehead atoms. The Labute approximate surface area is 370 Å². The molecule has 0 aliphatic heterocycles. The number of hydrogen-bond donors (Lipinski definition) is 1. The minimum Gasteiger partial charge on any atom is -0.460 e. The van der Waals surface area contributed by atoms with E-state index in [0.717, 1.165) is 56.0 Å². The fourth-order valence-corrected chi connectivity index (χ4v) is 9.06. The van der Waals surface area contributed by atoms with Crippen LogP contribution in [0.1, 0.15) is 205 Å². The third-order valence-corrected chi connectivity index (χ3v) is 12.6. The van der Waals surface area contributed by atoms with E-state index in [9.17, 15) is 18.0 Å². The maximum atomic E-state index is 12.5. The highest BCUT2D eigenvalue weighted by atomic mass is 32.2. The van der Waals surface area contributed by atoms with Gasteiger partial charge in [0.25, 0.3) is 10.1 Å². The molecule has 2 heterocycles. The quantitative estimate of drug-likeness (QED) is 0.0786. The molecule has 3 aromatic rings. The fraction of sp³-hybridized carbons (Fsp3) is 0.745. The number of aromatic nitrogens is 4. The average molecular weight is 886 g/mol. The summed E-state index contributed by atoms with van der Waals surface area (Å²) in [5.74, 6) is 2.36. The highest BCUT2D eigenvalue weighted by Gasteiger charge is 2.28. The first-order valence-electron chi connectivity index (χ1n) is 23.1. The summed E-state index contributed by atoms with van der Waals surface area (Å²) in [4.78, 5) is 33.8. The molecule has 2 aliphatic carbocycles. The van der Waals surface area contributed by atoms with E-state index in [1.54, 1.807) is 12.1 Å². The molecule has 1 N–H and O–H groups in total. The van der Waals surface area contributed by atoms with Crippen LogP contribution in [0.2, 0.25) is 0 Å². The molecule has 348 valence electrons. The molecule has 2 atom stereocenters.